The van der Waals surface area contributed by atoms with E-state index in [2.05, 4.69) is 0 Å². The third kappa shape index (κ3) is 2.53. The number of hydrogen-bond acceptors (Lipinski definition) is 6. The van der Waals surface area contributed by atoms with E-state index >= 15 is 0 Å². The second-order valence-corrected chi connectivity index (χ2v) is 7.23. The van der Waals surface area contributed by atoms with E-state index in [9.17, 15) is 15.2 Å². The Bertz CT molecular complexity index is 612. The van der Waals surface area contributed by atoms with Gasteiger partial charge in [-0.15, -0.1) is 0 Å². The van der Waals surface area contributed by atoms with Gasteiger partial charge in [-0.25, -0.2) is 0 Å². The van der Waals surface area contributed by atoms with E-state index in [-0.39, 0.29) is 29.3 Å². The molecule has 7 heteroatoms. The molecule has 1 aromatic carbocycles. The SMILES string of the molecule is C[C@H]1ON(C(C)(C)C)[C@@H]2[C@H]1CO[C@]2(O)c1ccc([N+](=O)[O-])cc1. The van der Waals surface area contributed by atoms with Crippen molar-refractivity contribution < 1.29 is 19.6 Å². The molecule has 0 aromatic heterocycles. The van der Waals surface area contributed by atoms with Crippen molar-refractivity contribution in [3.63, 3.8) is 0 Å². The highest BCUT2D eigenvalue weighted by atomic mass is 16.7. The molecule has 126 valence electrons. The smallest absolute Gasteiger partial charge is 0.269 e. The van der Waals surface area contributed by atoms with E-state index in [1.54, 1.807) is 17.2 Å². The average Bonchev–Trinajstić information content (AvgIpc) is 2.99. The van der Waals surface area contributed by atoms with E-state index in [0.29, 0.717) is 12.2 Å². The summed E-state index contributed by atoms with van der Waals surface area (Å²) in [6.07, 6.45) is -0.0636. The highest BCUT2D eigenvalue weighted by molar-refractivity contribution is 5.36. The first-order chi connectivity index (χ1) is 10.6. The first-order valence-corrected chi connectivity index (χ1v) is 7.72. The summed E-state index contributed by atoms with van der Waals surface area (Å²) in [4.78, 5) is 16.3. The summed E-state index contributed by atoms with van der Waals surface area (Å²) in [6.45, 7) is 8.38. The molecule has 1 N–H and O–H groups in total. The summed E-state index contributed by atoms with van der Waals surface area (Å²) < 4.78 is 5.75. The largest absolute Gasteiger partial charge is 0.360 e. The molecule has 0 bridgehead atoms. The van der Waals surface area contributed by atoms with Crippen LogP contribution in [0.15, 0.2) is 24.3 Å². The second kappa shape index (κ2) is 5.24. The Morgan fingerprint density at radius 1 is 1.35 bits per heavy atom. The molecule has 2 heterocycles. The van der Waals surface area contributed by atoms with Crippen molar-refractivity contribution >= 4 is 5.69 Å². The first kappa shape index (κ1) is 16.3. The van der Waals surface area contributed by atoms with Crippen molar-refractivity contribution in [1.29, 1.82) is 0 Å². The number of hydrogen-bond donors (Lipinski definition) is 1. The molecule has 23 heavy (non-hydrogen) atoms. The lowest BCUT2D eigenvalue weighted by atomic mass is 9.87. The first-order valence-electron chi connectivity index (χ1n) is 7.72. The minimum Gasteiger partial charge on any atom is -0.360 e. The van der Waals surface area contributed by atoms with Gasteiger partial charge in [0.2, 0.25) is 5.79 Å². The fourth-order valence-electron chi connectivity index (χ4n) is 3.39. The number of non-ortho nitro benzene ring substituents is 1. The third-order valence-corrected chi connectivity index (χ3v) is 4.59. The molecule has 7 nitrogen and oxygen atoms in total. The summed E-state index contributed by atoms with van der Waals surface area (Å²) in [7, 11) is 0. The van der Waals surface area contributed by atoms with Crippen LogP contribution in [0.3, 0.4) is 0 Å². The van der Waals surface area contributed by atoms with Gasteiger partial charge < -0.3 is 9.84 Å². The summed E-state index contributed by atoms with van der Waals surface area (Å²) in [5.41, 5.74) is 0.175. The molecule has 2 aliphatic heterocycles. The van der Waals surface area contributed by atoms with E-state index in [1.165, 1.54) is 12.1 Å². The van der Waals surface area contributed by atoms with Crippen molar-refractivity contribution in [2.75, 3.05) is 6.61 Å². The number of nitro groups is 1. The van der Waals surface area contributed by atoms with Crippen LogP contribution >= 0.6 is 0 Å². The van der Waals surface area contributed by atoms with Crippen LogP contribution in [0.1, 0.15) is 33.3 Å². The number of fused-ring (bicyclic) bond motifs is 1. The molecule has 2 aliphatic rings. The zero-order valence-electron chi connectivity index (χ0n) is 13.7. The van der Waals surface area contributed by atoms with Gasteiger partial charge in [0, 0.05) is 29.2 Å². The Morgan fingerprint density at radius 2 is 1.96 bits per heavy atom. The van der Waals surface area contributed by atoms with Crippen molar-refractivity contribution in [2.45, 2.75) is 51.2 Å². The number of rotatable bonds is 2. The fraction of sp³-hybridized carbons (Fsp3) is 0.625. The van der Waals surface area contributed by atoms with Crippen LogP contribution in [0.4, 0.5) is 5.69 Å². The standard InChI is InChI=1S/C16H22N2O5/c1-10-13-9-22-16(19,14(13)17(23-10)15(2,3)4)11-5-7-12(8-6-11)18(20)21/h5-8,10,13-14,19H,9H2,1-4H3/t10-,13+,14-,16-/m1/s1. The molecule has 2 saturated heterocycles. The van der Waals surface area contributed by atoms with Gasteiger partial charge in [0.05, 0.1) is 17.6 Å². The molecule has 1 aromatic rings. The van der Waals surface area contributed by atoms with Crippen LogP contribution in [0, 0.1) is 16.0 Å². The highest BCUT2D eigenvalue weighted by Crippen LogP contribution is 2.48. The molecule has 3 rings (SSSR count). The van der Waals surface area contributed by atoms with E-state index < -0.39 is 10.7 Å². The minimum absolute atomic E-state index is 0.0179. The van der Waals surface area contributed by atoms with Crippen molar-refractivity contribution in [1.82, 2.24) is 5.06 Å². The number of nitro benzene ring substituents is 1. The Morgan fingerprint density at radius 3 is 2.48 bits per heavy atom. The maximum atomic E-state index is 11.2. The second-order valence-electron chi connectivity index (χ2n) is 7.23. The van der Waals surface area contributed by atoms with Crippen LogP contribution in [0.2, 0.25) is 0 Å². The van der Waals surface area contributed by atoms with E-state index in [4.69, 9.17) is 9.57 Å². The molecule has 0 amide bonds. The number of ether oxygens (including phenoxy) is 1. The summed E-state index contributed by atoms with van der Waals surface area (Å²) in [5, 5.41) is 23.8. The van der Waals surface area contributed by atoms with Gasteiger partial charge in [0.1, 0.15) is 6.04 Å². The van der Waals surface area contributed by atoms with Gasteiger partial charge in [-0.2, -0.15) is 5.06 Å². The van der Waals surface area contributed by atoms with Gasteiger partial charge in [0.25, 0.3) is 5.69 Å². The van der Waals surface area contributed by atoms with Gasteiger partial charge in [0.15, 0.2) is 0 Å². The zero-order valence-corrected chi connectivity index (χ0v) is 13.7. The normalized spacial score (nSPS) is 34.6. The summed E-state index contributed by atoms with van der Waals surface area (Å²) in [6, 6.07) is 5.49. The summed E-state index contributed by atoms with van der Waals surface area (Å²) >= 11 is 0. The lowest BCUT2D eigenvalue weighted by molar-refractivity contribution is -0.384. The van der Waals surface area contributed by atoms with Crippen molar-refractivity contribution in [3.05, 3.63) is 39.9 Å². The fourth-order valence-corrected chi connectivity index (χ4v) is 3.39. The Kier molecular flexibility index (Phi) is 3.72. The average molecular weight is 322 g/mol. The predicted octanol–water partition coefficient (Wildman–Crippen LogP) is 2.19. The molecule has 4 atom stereocenters. The maximum absolute atomic E-state index is 11.2. The molecule has 0 radical (unpaired) electrons. The third-order valence-electron chi connectivity index (χ3n) is 4.59. The van der Waals surface area contributed by atoms with Crippen LogP contribution in [-0.2, 0) is 15.4 Å². The van der Waals surface area contributed by atoms with Gasteiger partial charge in [-0.05, 0) is 39.8 Å². The Balaban J connectivity index is 1.99. The predicted molar refractivity (Wildman–Crippen MR) is 82.4 cm³/mol. The van der Waals surface area contributed by atoms with Crippen LogP contribution < -0.4 is 0 Å². The van der Waals surface area contributed by atoms with Crippen LogP contribution in [0.5, 0.6) is 0 Å². The molecular weight excluding hydrogens is 300 g/mol. The quantitative estimate of drug-likeness (QED) is 0.663. The van der Waals surface area contributed by atoms with Crippen molar-refractivity contribution in [2.24, 2.45) is 5.92 Å². The van der Waals surface area contributed by atoms with Gasteiger partial charge in [-0.3, -0.25) is 15.0 Å². The molecule has 2 fully saturated rings. The van der Waals surface area contributed by atoms with E-state index in [1.807, 2.05) is 27.7 Å². The summed E-state index contributed by atoms with van der Waals surface area (Å²) in [5.74, 6) is -1.51. The lowest BCUT2D eigenvalue weighted by Gasteiger charge is -2.40. The molecule has 0 spiro atoms. The number of benzene rings is 1. The lowest BCUT2D eigenvalue weighted by Crippen LogP contribution is -2.53. The number of nitrogens with zero attached hydrogens (tertiary/aromatic N) is 2. The topological polar surface area (TPSA) is 85.1 Å². The highest BCUT2D eigenvalue weighted by Gasteiger charge is 2.61. The number of aliphatic hydroxyl groups is 1. The number of hydroxylamine groups is 2. The molecular formula is C16H22N2O5. The van der Waals surface area contributed by atoms with E-state index in [0.717, 1.165) is 0 Å². The van der Waals surface area contributed by atoms with Gasteiger partial charge in [-0.1, -0.05) is 0 Å². The Labute approximate surface area is 134 Å². The Hall–Kier alpha value is -1.54. The van der Waals surface area contributed by atoms with Crippen LogP contribution in [0.25, 0.3) is 0 Å². The molecule has 0 saturated carbocycles. The van der Waals surface area contributed by atoms with Crippen molar-refractivity contribution in [3.8, 4) is 0 Å². The molecule has 0 aliphatic carbocycles. The van der Waals surface area contributed by atoms with Gasteiger partial charge >= 0.3 is 0 Å². The zero-order chi connectivity index (χ0) is 17.0. The monoisotopic (exact) mass is 322 g/mol. The minimum atomic E-state index is -1.54. The van der Waals surface area contributed by atoms with Crippen LogP contribution in [-0.4, -0.2) is 39.4 Å². The maximum Gasteiger partial charge on any atom is 0.269 e. The molecule has 0 unspecified atom stereocenters.